The van der Waals surface area contributed by atoms with Crippen LogP contribution in [0.2, 0.25) is 0 Å². The van der Waals surface area contributed by atoms with Crippen LogP contribution in [-0.2, 0) is 6.54 Å². The molecule has 0 spiro atoms. The zero-order valence-electron chi connectivity index (χ0n) is 13.3. The molecule has 0 saturated heterocycles. The van der Waals surface area contributed by atoms with E-state index in [0.717, 1.165) is 21.5 Å². The van der Waals surface area contributed by atoms with Crippen molar-refractivity contribution in [1.82, 2.24) is 9.55 Å². The third-order valence-corrected chi connectivity index (χ3v) is 5.55. The number of carbonyl (C=O) groups excluding carboxylic acids is 1. The van der Waals surface area contributed by atoms with Gasteiger partial charge in [0.05, 0.1) is 15.9 Å². The third-order valence-electron chi connectivity index (χ3n) is 3.82. The van der Waals surface area contributed by atoms with Crippen LogP contribution in [0.3, 0.4) is 0 Å². The summed E-state index contributed by atoms with van der Waals surface area (Å²) >= 11 is 2.97. The Kier molecular flexibility index (Phi) is 4.10. The molecule has 1 aromatic carbocycles. The number of anilines is 1. The van der Waals surface area contributed by atoms with Crippen molar-refractivity contribution in [3.63, 3.8) is 0 Å². The number of amides is 1. The van der Waals surface area contributed by atoms with Gasteiger partial charge < -0.3 is 4.57 Å². The number of carbonyl (C=O) groups is 1. The first-order valence-electron chi connectivity index (χ1n) is 7.65. The molecule has 4 nitrogen and oxygen atoms in total. The van der Waals surface area contributed by atoms with E-state index in [1.807, 2.05) is 40.5 Å². The quantitative estimate of drug-likeness (QED) is 0.554. The normalized spacial score (nSPS) is 11.1. The molecule has 0 fully saturated rings. The highest BCUT2D eigenvalue weighted by atomic mass is 32.1. The van der Waals surface area contributed by atoms with E-state index in [9.17, 15) is 9.18 Å². The minimum atomic E-state index is -0.282. The lowest BCUT2D eigenvalue weighted by Gasteiger charge is -2.10. The first-order valence-corrected chi connectivity index (χ1v) is 9.41. The summed E-state index contributed by atoms with van der Waals surface area (Å²) in [7, 11) is 0. The fourth-order valence-corrected chi connectivity index (χ4v) is 4.23. The Labute approximate surface area is 151 Å². The first kappa shape index (κ1) is 16.0. The number of aryl methyl sites for hydroxylation is 1. The molecule has 0 aliphatic rings. The molecule has 0 unspecified atom stereocenters. The predicted molar refractivity (Wildman–Crippen MR) is 100 cm³/mol. The molecule has 0 radical (unpaired) electrons. The zero-order valence-corrected chi connectivity index (χ0v) is 15.0. The number of rotatable bonds is 4. The molecule has 0 bridgehead atoms. The van der Waals surface area contributed by atoms with Crippen LogP contribution in [0.4, 0.5) is 9.52 Å². The number of nitrogens with one attached hydrogen (secondary N) is 1. The van der Waals surface area contributed by atoms with Crippen LogP contribution < -0.4 is 5.32 Å². The van der Waals surface area contributed by atoms with E-state index < -0.39 is 0 Å². The molecule has 4 aromatic rings. The molecule has 126 valence electrons. The molecule has 0 aliphatic heterocycles. The van der Waals surface area contributed by atoms with Gasteiger partial charge in [0.25, 0.3) is 5.91 Å². The average Bonchev–Trinajstić information content (AvgIpc) is 3.25. The summed E-state index contributed by atoms with van der Waals surface area (Å²) in [6.07, 6.45) is 0. The number of fused-ring (bicyclic) bond motifs is 1. The van der Waals surface area contributed by atoms with E-state index >= 15 is 0 Å². The number of halogens is 1. The maximum atomic E-state index is 13.5. The predicted octanol–water partition coefficient (Wildman–Crippen LogP) is 4.91. The van der Waals surface area contributed by atoms with E-state index in [1.165, 1.54) is 23.5 Å². The fourth-order valence-electron chi connectivity index (χ4n) is 2.73. The number of aromatic nitrogens is 2. The lowest BCUT2D eigenvalue weighted by atomic mass is 10.2. The van der Waals surface area contributed by atoms with Gasteiger partial charge in [-0.3, -0.25) is 10.1 Å². The summed E-state index contributed by atoms with van der Waals surface area (Å²) in [6.45, 7) is 2.31. The molecule has 1 amide bonds. The standard InChI is InChI=1S/C18H14FN3OS2/c1-11-10-25-18(20-11)21-17(23)15-8-16-14(5-6-24-16)22(15)9-12-3-2-4-13(19)7-12/h2-8,10H,9H2,1H3,(H,20,21,23). The van der Waals surface area contributed by atoms with Gasteiger partial charge in [0.2, 0.25) is 0 Å². The first-order chi connectivity index (χ1) is 12.1. The average molecular weight is 371 g/mol. The largest absolute Gasteiger partial charge is 0.331 e. The van der Waals surface area contributed by atoms with Crippen LogP contribution in [0.5, 0.6) is 0 Å². The lowest BCUT2D eigenvalue weighted by Crippen LogP contribution is -2.17. The Morgan fingerprint density at radius 1 is 1.28 bits per heavy atom. The lowest BCUT2D eigenvalue weighted by molar-refractivity contribution is 0.101. The van der Waals surface area contributed by atoms with Gasteiger partial charge >= 0.3 is 0 Å². The highest BCUT2D eigenvalue weighted by Crippen LogP contribution is 2.27. The Morgan fingerprint density at radius 3 is 2.92 bits per heavy atom. The molecule has 1 N–H and O–H groups in total. The minimum absolute atomic E-state index is 0.214. The second kappa shape index (κ2) is 6.42. The van der Waals surface area contributed by atoms with Gasteiger partial charge in [-0.1, -0.05) is 12.1 Å². The Balaban J connectivity index is 1.70. The van der Waals surface area contributed by atoms with E-state index in [4.69, 9.17) is 0 Å². The smallest absolute Gasteiger partial charge is 0.274 e. The second-order valence-corrected chi connectivity index (χ2v) is 7.47. The van der Waals surface area contributed by atoms with Crippen LogP contribution in [0.15, 0.2) is 47.2 Å². The molecular formula is C18H14FN3OS2. The SMILES string of the molecule is Cc1csc(NC(=O)c2cc3sccc3n2Cc2cccc(F)c2)n1. The van der Waals surface area contributed by atoms with Gasteiger partial charge in [0.15, 0.2) is 5.13 Å². The van der Waals surface area contributed by atoms with Crippen molar-refractivity contribution in [2.45, 2.75) is 13.5 Å². The summed E-state index contributed by atoms with van der Waals surface area (Å²) in [6, 6.07) is 10.3. The molecule has 4 rings (SSSR count). The highest BCUT2D eigenvalue weighted by molar-refractivity contribution is 7.17. The number of nitrogens with zero attached hydrogens (tertiary/aromatic N) is 2. The van der Waals surface area contributed by atoms with Gasteiger partial charge in [0, 0.05) is 11.9 Å². The van der Waals surface area contributed by atoms with Crippen molar-refractivity contribution in [1.29, 1.82) is 0 Å². The van der Waals surface area contributed by atoms with Crippen LogP contribution in [0.1, 0.15) is 21.7 Å². The topological polar surface area (TPSA) is 46.9 Å². The van der Waals surface area contributed by atoms with E-state index in [1.54, 1.807) is 17.4 Å². The molecular weight excluding hydrogens is 357 g/mol. The monoisotopic (exact) mass is 371 g/mol. The second-order valence-electron chi connectivity index (χ2n) is 5.66. The summed E-state index contributed by atoms with van der Waals surface area (Å²) in [5, 5.41) is 7.29. The number of hydrogen-bond acceptors (Lipinski definition) is 4. The van der Waals surface area contributed by atoms with Crippen LogP contribution in [-0.4, -0.2) is 15.5 Å². The van der Waals surface area contributed by atoms with E-state index in [2.05, 4.69) is 10.3 Å². The molecule has 7 heteroatoms. The van der Waals surface area contributed by atoms with Crippen LogP contribution >= 0.6 is 22.7 Å². The minimum Gasteiger partial charge on any atom is -0.331 e. The van der Waals surface area contributed by atoms with Crippen molar-refractivity contribution in [3.05, 3.63) is 69.9 Å². The van der Waals surface area contributed by atoms with Crippen molar-refractivity contribution in [3.8, 4) is 0 Å². The number of thiazole rings is 1. The summed E-state index contributed by atoms with van der Waals surface area (Å²) < 4.78 is 16.4. The van der Waals surface area contributed by atoms with Crippen LogP contribution in [0, 0.1) is 12.7 Å². The van der Waals surface area contributed by atoms with Crippen molar-refractivity contribution < 1.29 is 9.18 Å². The molecule has 3 aromatic heterocycles. The molecule has 0 saturated carbocycles. The Morgan fingerprint density at radius 2 is 2.16 bits per heavy atom. The molecule has 0 aliphatic carbocycles. The van der Waals surface area contributed by atoms with Gasteiger partial charge in [-0.05, 0) is 42.1 Å². The maximum Gasteiger partial charge on any atom is 0.274 e. The fraction of sp³-hybridized carbons (Fsp3) is 0.111. The Bertz CT molecular complexity index is 1060. The van der Waals surface area contributed by atoms with E-state index in [0.29, 0.717) is 17.4 Å². The van der Waals surface area contributed by atoms with Crippen LogP contribution in [0.25, 0.3) is 10.2 Å². The van der Waals surface area contributed by atoms with Gasteiger partial charge in [0.1, 0.15) is 11.5 Å². The van der Waals surface area contributed by atoms with Crippen molar-refractivity contribution in [2.75, 3.05) is 5.32 Å². The Hall–Kier alpha value is -2.51. The van der Waals surface area contributed by atoms with Crippen molar-refractivity contribution in [2.24, 2.45) is 0 Å². The number of hydrogen-bond donors (Lipinski definition) is 1. The number of benzene rings is 1. The maximum absolute atomic E-state index is 13.5. The van der Waals surface area contributed by atoms with Gasteiger partial charge in [-0.25, -0.2) is 9.37 Å². The third kappa shape index (κ3) is 3.20. The summed E-state index contributed by atoms with van der Waals surface area (Å²) in [4.78, 5) is 17.0. The highest BCUT2D eigenvalue weighted by Gasteiger charge is 2.18. The molecule has 25 heavy (non-hydrogen) atoms. The molecule has 3 heterocycles. The summed E-state index contributed by atoms with van der Waals surface area (Å²) in [5.74, 6) is -0.496. The van der Waals surface area contributed by atoms with Gasteiger partial charge in [-0.2, -0.15) is 0 Å². The van der Waals surface area contributed by atoms with Gasteiger partial charge in [-0.15, -0.1) is 22.7 Å². The van der Waals surface area contributed by atoms with Crippen molar-refractivity contribution >= 4 is 43.9 Å². The van der Waals surface area contributed by atoms with E-state index in [-0.39, 0.29) is 11.7 Å². The zero-order chi connectivity index (χ0) is 17.4. The molecule has 0 atom stereocenters. The summed E-state index contributed by atoms with van der Waals surface area (Å²) in [5.41, 5.74) is 3.19. The number of thiophene rings is 1.